The predicted octanol–water partition coefficient (Wildman–Crippen LogP) is 0.962. The van der Waals surface area contributed by atoms with Gasteiger partial charge in [0.25, 0.3) is 5.91 Å². The van der Waals surface area contributed by atoms with Gasteiger partial charge in [0.2, 0.25) is 5.75 Å². The molecule has 102 valence electrons. The highest BCUT2D eigenvalue weighted by molar-refractivity contribution is 5.93. The van der Waals surface area contributed by atoms with E-state index in [1.807, 2.05) is 0 Å². The minimum absolute atomic E-state index is 0.140. The molecule has 0 bridgehead atoms. The van der Waals surface area contributed by atoms with Gasteiger partial charge in [0.1, 0.15) is 5.69 Å². The quantitative estimate of drug-likeness (QED) is 0.378. The number of aromatic nitrogens is 1. The van der Waals surface area contributed by atoms with Crippen LogP contribution in [0.5, 0.6) is 17.2 Å². The Kier molecular flexibility index (Phi) is 3.80. The van der Waals surface area contributed by atoms with Gasteiger partial charge in [-0.3, -0.25) is 9.78 Å². The van der Waals surface area contributed by atoms with Crippen LogP contribution >= 0.6 is 0 Å². The number of hydrogen-bond donors (Lipinski definition) is 4. The van der Waals surface area contributed by atoms with Crippen molar-refractivity contribution in [3.63, 3.8) is 0 Å². The van der Waals surface area contributed by atoms with E-state index in [1.54, 1.807) is 12.1 Å². The maximum Gasteiger partial charge on any atom is 0.289 e. The molecular weight excluding hydrogens is 262 g/mol. The van der Waals surface area contributed by atoms with Crippen molar-refractivity contribution < 1.29 is 20.1 Å². The second kappa shape index (κ2) is 5.70. The van der Waals surface area contributed by atoms with Crippen molar-refractivity contribution in [2.24, 2.45) is 5.10 Å². The Balaban J connectivity index is 2.08. The fourth-order valence-corrected chi connectivity index (χ4v) is 1.40. The highest BCUT2D eigenvalue weighted by atomic mass is 16.3. The molecule has 1 aromatic carbocycles. The van der Waals surface area contributed by atoms with Crippen molar-refractivity contribution in [3.8, 4) is 17.2 Å². The largest absolute Gasteiger partial charge is 0.504 e. The van der Waals surface area contributed by atoms with Crippen LogP contribution in [0.1, 0.15) is 16.1 Å². The van der Waals surface area contributed by atoms with Gasteiger partial charge in [0.15, 0.2) is 11.5 Å². The standard InChI is InChI=1S/C13H11N3O4/c17-10-5-4-8(11(18)12(10)19)7-15-16-13(20)9-3-1-2-6-14-9/h1-7,17-19H,(H,16,20). The van der Waals surface area contributed by atoms with E-state index in [0.717, 1.165) is 6.21 Å². The highest BCUT2D eigenvalue weighted by Gasteiger charge is 2.09. The molecule has 0 spiro atoms. The molecule has 1 aromatic heterocycles. The third-order valence-corrected chi connectivity index (χ3v) is 2.43. The van der Waals surface area contributed by atoms with Crippen molar-refractivity contribution in [1.29, 1.82) is 0 Å². The first kappa shape index (κ1) is 13.3. The summed E-state index contributed by atoms with van der Waals surface area (Å²) in [6.07, 6.45) is 2.61. The fourth-order valence-electron chi connectivity index (χ4n) is 1.40. The summed E-state index contributed by atoms with van der Waals surface area (Å²) in [4.78, 5) is 15.4. The average molecular weight is 273 g/mol. The number of carbonyl (C=O) groups is 1. The van der Waals surface area contributed by atoms with Gasteiger partial charge in [-0.25, -0.2) is 5.43 Å². The number of amides is 1. The summed E-state index contributed by atoms with van der Waals surface area (Å²) >= 11 is 0. The summed E-state index contributed by atoms with van der Waals surface area (Å²) in [5.41, 5.74) is 2.56. The molecule has 2 rings (SSSR count). The Morgan fingerprint density at radius 3 is 2.65 bits per heavy atom. The van der Waals surface area contributed by atoms with Crippen LogP contribution < -0.4 is 5.43 Å². The van der Waals surface area contributed by atoms with E-state index in [-0.39, 0.29) is 11.3 Å². The molecule has 0 aliphatic carbocycles. The first-order chi connectivity index (χ1) is 9.59. The molecule has 7 nitrogen and oxygen atoms in total. The lowest BCUT2D eigenvalue weighted by molar-refractivity contribution is 0.0950. The fraction of sp³-hybridized carbons (Fsp3) is 0. The lowest BCUT2D eigenvalue weighted by atomic mass is 10.2. The van der Waals surface area contributed by atoms with Gasteiger partial charge in [-0.1, -0.05) is 6.07 Å². The number of benzene rings is 1. The molecule has 0 atom stereocenters. The second-order valence-corrected chi connectivity index (χ2v) is 3.79. The lowest BCUT2D eigenvalue weighted by Gasteiger charge is -2.03. The molecule has 4 N–H and O–H groups in total. The van der Waals surface area contributed by atoms with Crippen LogP contribution in [0.4, 0.5) is 0 Å². The first-order valence-corrected chi connectivity index (χ1v) is 5.58. The molecule has 7 heteroatoms. The molecule has 1 amide bonds. The van der Waals surface area contributed by atoms with E-state index in [4.69, 9.17) is 5.11 Å². The Bertz CT molecular complexity index is 656. The molecule has 0 aliphatic heterocycles. The maximum absolute atomic E-state index is 11.6. The molecule has 0 unspecified atom stereocenters. The van der Waals surface area contributed by atoms with Crippen LogP contribution in [0.25, 0.3) is 0 Å². The summed E-state index contributed by atoms with van der Waals surface area (Å²) in [5.74, 6) is -2.13. The van der Waals surface area contributed by atoms with Crippen LogP contribution in [0, 0.1) is 0 Å². The van der Waals surface area contributed by atoms with E-state index in [0.29, 0.717) is 0 Å². The van der Waals surface area contributed by atoms with Crippen molar-refractivity contribution in [2.45, 2.75) is 0 Å². The van der Waals surface area contributed by atoms with E-state index in [9.17, 15) is 15.0 Å². The summed E-state index contributed by atoms with van der Waals surface area (Å²) in [6, 6.07) is 7.39. The van der Waals surface area contributed by atoms with E-state index >= 15 is 0 Å². The van der Waals surface area contributed by atoms with Gasteiger partial charge in [-0.15, -0.1) is 0 Å². The highest BCUT2D eigenvalue weighted by Crippen LogP contribution is 2.36. The monoisotopic (exact) mass is 273 g/mol. The van der Waals surface area contributed by atoms with Crippen molar-refractivity contribution in [3.05, 3.63) is 47.8 Å². The molecule has 0 saturated heterocycles. The van der Waals surface area contributed by atoms with Crippen LogP contribution in [0.3, 0.4) is 0 Å². The normalized spacial score (nSPS) is 10.6. The molecule has 0 aliphatic rings. The van der Waals surface area contributed by atoms with E-state index in [1.165, 1.54) is 24.4 Å². The van der Waals surface area contributed by atoms with Crippen LogP contribution in [-0.4, -0.2) is 32.4 Å². The minimum Gasteiger partial charge on any atom is -0.504 e. The zero-order valence-corrected chi connectivity index (χ0v) is 10.2. The number of nitrogens with zero attached hydrogens (tertiary/aromatic N) is 2. The Morgan fingerprint density at radius 1 is 1.15 bits per heavy atom. The number of aromatic hydroxyl groups is 3. The number of hydrazone groups is 1. The number of carbonyl (C=O) groups excluding carboxylic acids is 1. The smallest absolute Gasteiger partial charge is 0.289 e. The second-order valence-electron chi connectivity index (χ2n) is 3.79. The third-order valence-electron chi connectivity index (χ3n) is 2.43. The van der Waals surface area contributed by atoms with Crippen molar-refractivity contribution in [1.82, 2.24) is 10.4 Å². The van der Waals surface area contributed by atoms with Crippen LogP contribution in [-0.2, 0) is 0 Å². The topological polar surface area (TPSA) is 115 Å². The van der Waals surface area contributed by atoms with Gasteiger partial charge in [0, 0.05) is 11.8 Å². The predicted molar refractivity (Wildman–Crippen MR) is 70.7 cm³/mol. The average Bonchev–Trinajstić information content (AvgIpc) is 2.48. The number of pyridine rings is 1. The third kappa shape index (κ3) is 2.83. The first-order valence-electron chi connectivity index (χ1n) is 5.58. The molecule has 2 aromatic rings. The SMILES string of the molecule is O=C(NN=Cc1ccc(O)c(O)c1O)c1ccccn1. The molecule has 0 radical (unpaired) electrons. The van der Waals surface area contributed by atoms with Gasteiger partial charge < -0.3 is 15.3 Å². The number of hydrogen-bond acceptors (Lipinski definition) is 6. The number of rotatable bonds is 3. The van der Waals surface area contributed by atoms with Gasteiger partial charge in [-0.2, -0.15) is 5.10 Å². The summed E-state index contributed by atoms with van der Waals surface area (Å²) in [6.45, 7) is 0. The number of phenolic OH excluding ortho intramolecular Hbond substituents is 3. The van der Waals surface area contributed by atoms with Crippen molar-refractivity contribution >= 4 is 12.1 Å². The Labute approximate surface area is 113 Å². The molecule has 0 saturated carbocycles. The lowest BCUT2D eigenvalue weighted by Crippen LogP contribution is -2.18. The van der Waals surface area contributed by atoms with E-state index in [2.05, 4.69) is 15.5 Å². The summed E-state index contributed by atoms with van der Waals surface area (Å²) in [5, 5.41) is 31.6. The Hall–Kier alpha value is -3.09. The Morgan fingerprint density at radius 2 is 1.95 bits per heavy atom. The van der Waals surface area contributed by atoms with E-state index < -0.39 is 23.2 Å². The van der Waals surface area contributed by atoms with Crippen LogP contribution in [0.2, 0.25) is 0 Å². The number of nitrogens with one attached hydrogen (secondary N) is 1. The molecule has 20 heavy (non-hydrogen) atoms. The zero-order chi connectivity index (χ0) is 14.5. The van der Waals surface area contributed by atoms with Gasteiger partial charge in [-0.05, 0) is 24.3 Å². The molecular formula is C13H11N3O4. The summed E-state index contributed by atoms with van der Waals surface area (Å²) in [7, 11) is 0. The summed E-state index contributed by atoms with van der Waals surface area (Å²) < 4.78 is 0. The zero-order valence-electron chi connectivity index (χ0n) is 10.2. The minimum atomic E-state index is -0.648. The number of phenols is 3. The maximum atomic E-state index is 11.6. The molecule has 1 heterocycles. The van der Waals surface area contributed by atoms with Gasteiger partial charge >= 0.3 is 0 Å². The van der Waals surface area contributed by atoms with Gasteiger partial charge in [0.05, 0.1) is 6.21 Å². The molecule has 0 fully saturated rings. The van der Waals surface area contributed by atoms with Crippen molar-refractivity contribution in [2.75, 3.05) is 0 Å². The van der Waals surface area contributed by atoms with Crippen LogP contribution in [0.15, 0.2) is 41.6 Å².